The lowest BCUT2D eigenvalue weighted by Gasteiger charge is -2.10. The SMILES string of the molecule is COc1ccc(-c2nc3sc(=Cc4cn(-c5ccccc5)nc4-c4c(C)cc(C)cc4C)c(=O)n3n2)cc1. The fourth-order valence-electron chi connectivity index (χ4n) is 4.79. The van der Waals surface area contributed by atoms with E-state index in [1.54, 1.807) is 7.11 Å². The van der Waals surface area contributed by atoms with E-state index in [0.29, 0.717) is 15.3 Å². The minimum atomic E-state index is -0.201. The Hall–Kier alpha value is -4.56. The molecule has 8 heteroatoms. The summed E-state index contributed by atoms with van der Waals surface area (Å²) in [5, 5.41) is 9.47. The number of nitrogens with zero attached hydrogens (tertiary/aromatic N) is 5. The van der Waals surface area contributed by atoms with Gasteiger partial charge in [-0.05, 0) is 74.4 Å². The van der Waals surface area contributed by atoms with Gasteiger partial charge in [0, 0.05) is 22.9 Å². The summed E-state index contributed by atoms with van der Waals surface area (Å²) in [7, 11) is 1.62. The number of rotatable bonds is 5. The Balaban J connectivity index is 1.50. The van der Waals surface area contributed by atoms with Gasteiger partial charge in [0.05, 0.1) is 17.3 Å². The largest absolute Gasteiger partial charge is 0.497 e. The predicted molar refractivity (Wildman–Crippen MR) is 151 cm³/mol. The maximum Gasteiger partial charge on any atom is 0.291 e. The molecule has 3 heterocycles. The van der Waals surface area contributed by atoms with E-state index in [1.165, 1.54) is 21.4 Å². The lowest BCUT2D eigenvalue weighted by Crippen LogP contribution is -2.23. The summed E-state index contributed by atoms with van der Waals surface area (Å²) in [6, 6.07) is 21.8. The van der Waals surface area contributed by atoms with E-state index < -0.39 is 0 Å². The standard InChI is InChI=1S/C30H25N5O2S/c1-18-14-19(2)26(20(3)15-18)27-22(17-34(32-27)23-8-6-5-7-9-23)16-25-29(36)35-30(38-25)31-28(33-35)21-10-12-24(37-4)13-11-21/h5-17H,1-4H3. The van der Waals surface area contributed by atoms with Crippen molar-refractivity contribution in [2.24, 2.45) is 0 Å². The van der Waals surface area contributed by atoms with Gasteiger partial charge in [-0.15, -0.1) is 5.10 Å². The van der Waals surface area contributed by atoms with Crippen molar-refractivity contribution in [1.82, 2.24) is 24.4 Å². The Morgan fingerprint density at radius 1 is 0.921 bits per heavy atom. The van der Waals surface area contributed by atoms with Crippen LogP contribution in [-0.2, 0) is 0 Å². The number of hydrogen-bond donors (Lipinski definition) is 0. The van der Waals surface area contributed by atoms with Crippen LogP contribution in [0.4, 0.5) is 0 Å². The van der Waals surface area contributed by atoms with Crippen molar-refractivity contribution in [2.45, 2.75) is 20.8 Å². The van der Waals surface area contributed by atoms with Gasteiger partial charge in [-0.3, -0.25) is 4.79 Å². The van der Waals surface area contributed by atoms with Crippen LogP contribution in [0.25, 0.3) is 39.4 Å². The molecule has 0 unspecified atom stereocenters. The molecule has 6 rings (SSSR count). The van der Waals surface area contributed by atoms with E-state index in [1.807, 2.05) is 71.6 Å². The fourth-order valence-corrected chi connectivity index (χ4v) is 5.69. The third kappa shape index (κ3) is 4.18. The van der Waals surface area contributed by atoms with Crippen LogP contribution in [0.1, 0.15) is 22.3 Å². The minimum absolute atomic E-state index is 0.201. The number of aromatic nitrogens is 5. The second kappa shape index (κ2) is 9.39. The van der Waals surface area contributed by atoms with Gasteiger partial charge in [0.1, 0.15) is 11.4 Å². The molecule has 0 amide bonds. The summed E-state index contributed by atoms with van der Waals surface area (Å²) in [6.45, 7) is 6.30. The van der Waals surface area contributed by atoms with Gasteiger partial charge in [0.2, 0.25) is 4.96 Å². The molecule has 0 N–H and O–H groups in total. The van der Waals surface area contributed by atoms with Gasteiger partial charge in [-0.1, -0.05) is 47.2 Å². The highest BCUT2D eigenvalue weighted by atomic mass is 32.1. The summed E-state index contributed by atoms with van der Waals surface area (Å²) < 4.78 is 9.02. The van der Waals surface area contributed by atoms with Gasteiger partial charge in [0.15, 0.2) is 5.82 Å². The smallest absolute Gasteiger partial charge is 0.291 e. The van der Waals surface area contributed by atoms with Crippen LogP contribution in [0.15, 0.2) is 77.7 Å². The molecular formula is C30H25N5O2S. The second-order valence-electron chi connectivity index (χ2n) is 9.26. The molecular weight excluding hydrogens is 494 g/mol. The van der Waals surface area contributed by atoms with E-state index in [-0.39, 0.29) is 5.56 Å². The second-order valence-corrected chi connectivity index (χ2v) is 10.3. The normalized spacial score (nSPS) is 11.9. The van der Waals surface area contributed by atoms with E-state index in [4.69, 9.17) is 9.84 Å². The number of ether oxygens (including phenoxy) is 1. The van der Waals surface area contributed by atoms with Crippen LogP contribution in [-0.4, -0.2) is 31.5 Å². The zero-order valence-electron chi connectivity index (χ0n) is 21.5. The van der Waals surface area contributed by atoms with Gasteiger partial charge in [0.25, 0.3) is 5.56 Å². The Kier molecular flexibility index (Phi) is 5.88. The van der Waals surface area contributed by atoms with Crippen molar-refractivity contribution in [3.05, 3.63) is 110 Å². The quantitative estimate of drug-likeness (QED) is 0.315. The third-order valence-electron chi connectivity index (χ3n) is 6.49. The Morgan fingerprint density at radius 3 is 2.29 bits per heavy atom. The first kappa shape index (κ1) is 23.8. The molecule has 0 fully saturated rings. The minimum Gasteiger partial charge on any atom is -0.497 e. The molecule has 188 valence electrons. The summed E-state index contributed by atoms with van der Waals surface area (Å²) in [6.07, 6.45) is 3.87. The Morgan fingerprint density at radius 2 is 1.63 bits per heavy atom. The first-order valence-corrected chi connectivity index (χ1v) is 13.0. The highest BCUT2D eigenvalue weighted by Gasteiger charge is 2.17. The number of thiazole rings is 1. The Labute approximate surface area is 223 Å². The highest BCUT2D eigenvalue weighted by molar-refractivity contribution is 7.15. The summed E-state index contributed by atoms with van der Waals surface area (Å²) >= 11 is 1.32. The number of hydrogen-bond acceptors (Lipinski definition) is 6. The van der Waals surface area contributed by atoms with Crippen molar-refractivity contribution in [3.63, 3.8) is 0 Å². The number of aryl methyl sites for hydroxylation is 3. The van der Waals surface area contributed by atoms with Crippen LogP contribution in [0.2, 0.25) is 0 Å². The molecule has 7 nitrogen and oxygen atoms in total. The van der Waals surface area contributed by atoms with E-state index in [2.05, 4.69) is 43.0 Å². The molecule has 0 saturated heterocycles. The first-order chi connectivity index (χ1) is 18.4. The van der Waals surface area contributed by atoms with Crippen LogP contribution in [0.5, 0.6) is 5.75 Å². The first-order valence-electron chi connectivity index (χ1n) is 12.2. The van der Waals surface area contributed by atoms with Gasteiger partial charge < -0.3 is 4.74 Å². The molecule has 0 saturated carbocycles. The molecule has 0 radical (unpaired) electrons. The highest BCUT2D eigenvalue weighted by Crippen LogP contribution is 2.31. The third-order valence-corrected chi connectivity index (χ3v) is 7.45. The zero-order valence-corrected chi connectivity index (χ0v) is 22.3. The average molecular weight is 520 g/mol. The maximum atomic E-state index is 13.4. The maximum absolute atomic E-state index is 13.4. The van der Waals surface area contributed by atoms with E-state index in [0.717, 1.165) is 44.9 Å². The number of fused-ring (bicyclic) bond motifs is 1. The monoisotopic (exact) mass is 519 g/mol. The Bertz CT molecular complexity index is 1880. The molecule has 0 atom stereocenters. The fraction of sp³-hybridized carbons (Fsp3) is 0.133. The van der Waals surface area contributed by atoms with Crippen LogP contribution < -0.4 is 14.8 Å². The molecule has 0 aliphatic carbocycles. The average Bonchev–Trinajstić information content (AvgIpc) is 3.59. The molecule has 3 aromatic heterocycles. The molecule has 0 aliphatic heterocycles. The van der Waals surface area contributed by atoms with Crippen molar-refractivity contribution >= 4 is 22.4 Å². The summed E-state index contributed by atoms with van der Waals surface area (Å²) in [5.74, 6) is 1.26. The lowest BCUT2D eigenvalue weighted by atomic mass is 9.95. The molecule has 0 bridgehead atoms. The van der Waals surface area contributed by atoms with Gasteiger partial charge >= 0.3 is 0 Å². The predicted octanol–water partition coefficient (Wildman–Crippen LogP) is 5.15. The number of benzene rings is 3. The van der Waals surface area contributed by atoms with Gasteiger partial charge in [-0.2, -0.15) is 14.6 Å². The molecule has 3 aromatic carbocycles. The van der Waals surface area contributed by atoms with Crippen molar-refractivity contribution in [2.75, 3.05) is 7.11 Å². The van der Waals surface area contributed by atoms with Crippen molar-refractivity contribution < 1.29 is 4.74 Å². The van der Waals surface area contributed by atoms with E-state index >= 15 is 0 Å². The number of methoxy groups -OCH3 is 1. The van der Waals surface area contributed by atoms with E-state index in [9.17, 15) is 4.79 Å². The van der Waals surface area contributed by atoms with Crippen molar-refractivity contribution in [1.29, 1.82) is 0 Å². The van der Waals surface area contributed by atoms with Crippen LogP contribution in [0, 0.1) is 20.8 Å². The molecule has 6 aromatic rings. The molecule has 0 aliphatic rings. The number of para-hydroxylation sites is 1. The van der Waals surface area contributed by atoms with Gasteiger partial charge in [-0.25, -0.2) is 4.68 Å². The summed E-state index contributed by atoms with van der Waals surface area (Å²) in [5.41, 5.74) is 7.83. The molecule has 38 heavy (non-hydrogen) atoms. The van der Waals surface area contributed by atoms with Crippen LogP contribution in [0.3, 0.4) is 0 Å². The topological polar surface area (TPSA) is 74.3 Å². The summed E-state index contributed by atoms with van der Waals surface area (Å²) in [4.78, 5) is 18.5. The lowest BCUT2D eigenvalue weighted by molar-refractivity contribution is 0.415. The van der Waals surface area contributed by atoms with Crippen LogP contribution >= 0.6 is 11.3 Å². The molecule has 0 spiro atoms. The van der Waals surface area contributed by atoms with Crippen molar-refractivity contribution in [3.8, 4) is 34.1 Å². The zero-order chi connectivity index (χ0) is 26.4.